The van der Waals surface area contributed by atoms with Crippen LogP contribution < -0.4 is 10.5 Å². The van der Waals surface area contributed by atoms with E-state index in [1.54, 1.807) is 31.2 Å². The predicted octanol–water partition coefficient (Wildman–Crippen LogP) is 4.04. The lowest BCUT2D eigenvalue weighted by Crippen LogP contribution is -1.96. The molecule has 0 saturated carbocycles. The van der Waals surface area contributed by atoms with Gasteiger partial charge >= 0.3 is 0 Å². The molecule has 0 atom stereocenters. The summed E-state index contributed by atoms with van der Waals surface area (Å²) in [6.45, 7) is 2.11. The highest BCUT2D eigenvalue weighted by Crippen LogP contribution is 2.30. The van der Waals surface area contributed by atoms with Crippen molar-refractivity contribution in [2.24, 2.45) is 5.73 Å². The van der Waals surface area contributed by atoms with E-state index in [1.807, 2.05) is 6.07 Å². The fourth-order valence-electron chi connectivity index (χ4n) is 1.56. The molecule has 0 aliphatic rings. The van der Waals surface area contributed by atoms with Crippen LogP contribution >= 0.6 is 11.6 Å². The zero-order valence-corrected chi connectivity index (χ0v) is 10.7. The van der Waals surface area contributed by atoms with Gasteiger partial charge in [-0.15, -0.1) is 0 Å². The van der Waals surface area contributed by atoms with Crippen molar-refractivity contribution in [3.8, 4) is 11.5 Å². The van der Waals surface area contributed by atoms with Gasteiger partial charge in [0.1, 0.15) is 17.3 Å². The first kappa shape index (κ1) is 12.9. The zero-order chi connectivity index (χ0) is 13.1. The molecule has 2 aromatic rings. The smallest absolute Gasteiger partial charge is 0.146 e. The van der Waals surface area contributed by atoms with E-state index in [0.717, 1.165) is 5.56 Å². The largest absolute Gasteiger partial charge is 0.456 e. The van der Waals surface area contributed by atoms with Crippen LogP contribution in [0.25, 0.3) is 0 Å². The average Bonchev–Trinajstić information content (AvgIpc) is 2.36. The molecular weight excluding hydrogens is 253 g/mol. The summed E-state index contributed by atoms with van der Waals surface area (Å²) in [4.78, 5) is 0. The van der Waals surface area contributed by atoms with E-state index in [-0.39, 0.29) is 5.82 Å². The third-order valence-corrected chi connectivity index (χ3v) is 2.88. The molecule has 2 nitrogen and oxygen atoms in total. The normalized spacial score (nSPS) is 10.4. The minimum absolute atomic E-state index is 0.257. The maximum atomic E-state index is 13.1. The third-order valence-electron chi connectivity index (χ3n) is 2.59. The van der Waals surface area contributed by atoms with E-state index in [2.05, 4.69) is 0 Å². The SMILES string of the molecule is Cc1cc(Oc2ccc(CN)cc2Cl)ccc1F. The summed E-state index contributed by atoms with van der Waals surface area (Å²) in [7, 11) is 0. The second-order valence-corrected chi connectivity index (χ2v) is 4.39. The number of ether oxygens (including phenoxy) is 1. The molecule has 0 saturated heterocycles. The number of aryl methyl sites for hydroxylation is 1. The second-order valence-electron chi connectivity index (χ2n) is 3.98. The van der Waals surface area contributed by atoms with Crippen LogP contribution in [0.15, 0.2) is 36.4 Å². The van der Waals surface area contributed by atoms with Crippen LogP contribution in [0.4, 0.5) is 4.39 Å². The van der Waals surface area contributed by atoms with Crippen molar-refractivity contribution in [2.45, 2.75) is 13.5 Å². The Hall–Kier alpha value is -1.58. The molecule has 0 heterocycles. The van der Waals surface area contributed by atoms with Crippen molar-refractivity contribution in [1.29, 1.82) is 0 Å². The molecule has 2 aromatic carbocycles. The molecule has 0 radical (unpaired) electrons. The molecule has 94 valence electrons. The summed E-state index contributed by atoms with van der Waals surface area (Å²) >= 11 is 6.07. The monoisotopic (exact) mass is 265 g/mol. The number of benzene rings is 2. The van der Waals surface area contributed by atoms with Crippen molar-refractivity contribution >= 4 is 11.6 Å². The first-order chi connectivity index (χ1) is 8.60. The van der Waals surface area contributed by atoms with E-state index in [0.29, 0.717) is 28.6 Å². The third kappa shape index (κ3) is 2.81. The first-order valence-electron chi connectivity index (χ1n) is 5.52. The highest BCUT2D eigenvalue weighted by Gasteiger charge is 2.05. The Kier molecular flexibility index (Phi) is 3.84. The molecule has 2 N–H and O–H groups in total. The van der Waals surface area contributed by atoms with Crippen LogP contribution in [0.2, 0.25) is 5.02 Å². The minimum Gasteiger partial charge on any atom is -0.456 e. The van der Waals surface area contributed by atoms with Gasteiger partial charge in [0.25, 0.3) is 0 Å². The summed E-state index contributed by atoms with van der Waals surface area (Å²) in [5.41, 5.74) is 6.98. The van der Waals surface area contributed by atoms with E-state index in [4.69, 9.17) is 22.1 Å². The Morgan fingerprint density at radius 1 is 1.22 bits per heavy atom. The van der Waals surface area contributed by atoms with Crippen LogP contribution in [0.3, 0.4) is 0 Å². The van der Waals surface area contributed by atoms with E-state index < -0.39 is 0 Å². The Morgan fingerprint density at radius 3 is 2.61 bits per heavy atom. The summed E-state index contributed by atoms with van der Waals surface area (Å²) in [6, 6.07) is 9.92. The quantitative estimate of drug-likeness (QED) is 0.909. The van der Waals surface area contributed by atoms with Crippen molar-refractivity contribution < 1.29 is 9.13 Å². The van der Waals surface area contributed by atoms with Gasteiger partial charge < -0.3 is 10.5 Å². The molecule has 0 aromatic heterocycles. The highest BCUT2D eigenvalue weighted by atomic mass is 35.5. The van der Waals surface area contributed by atoms with Crippen molar-refractivity contribution in [3.05, 3.63) is 58.4 Å². The van der Waals surface area contributed by atoms with Gasteiger partial charge in [0.2, 0.25) is 0 Å². The maximum absolute atomic E-state index is 13.1. The fraction of sp³-hybridized carbons (Fsp3) is 0.143. The summed E-state index contributed by atoms with van der Waals surface area (Å²) in [5.74, 6) is 0.822. The van der Waals surface area contributed by atoms with Gasteiger partial charge in [0.15, 0.2) is 0 Å². The highest BCUT2D eigenvalue weighted by molar-refractivity contribution is 6.32. The van der Waals surface area contributed by atoms with Crippen LogP contribution in [-0.4, -0.2) is 0 Å². The summed E-state index contributed by atoms with van der Waals surface area (Å²) in [6.07, 6.45) is 0. The van der Waals surface area contributed by atoms with Gasteiger partial charge in [-0.25, -0.2) is 4.39 Å². The summed E-state index contributed by atoms with van der Waals surface area (Å²) in [5, 5.41) is 0.486. The summed E-state index contributed by atoms with van der Waals surface area (Å²) < 4.78 is 18.7. The van der Waals surface area contributed by atoms with Crippen LogP contribution in [0, 0.1) is 12.7 Å². The van der Waals surface area contributed by atoms with Crippen LogP contribution in [0.1, 0.15) is 11.1 Å². The molecule has 2 rings (SSSR count). The Morgan fingerprint density at radius 2 is 2.00 bits per heavy atom. The first-order valence-corrected chi connectivity index (χ1v) is 5.90. The van der Waals surface area contributed by atoms with Gasteiger partial charge in [0.05, 0.1) is 5.02 Å². The standard InChI is InChI=1S/C14H13ClFNO/c1-9-6-11(3-4-13(9)16)18-14-5-2-10(8-17)7-12(14)15/h2-7H,8,17H2,1H3. The molecule has 0 bridgehead atoms. The van der Waals surface area contributed by atoms with E-state index >= 15 is 0 Å². The van der Waals surface area contributed by atoms with Crippen LogP contribution in [0.5, 0.6) is 11.5 Å². The molecule has 0 aliphatic heterocycles. The Balaban J connectivity index is 2.25. The zero-order valence-electron chi connectivity index (χ0n) is 9.91. The number of hydrogen-bond acceptors (Lipinski definition) is 2. The molecule has 0 aliphatic carbocycles. The van der Waals surface area contributed by atoms with Gasteiger partial charge in [0, 0.05) is 6.54 Å². The number of hydrogen-bond donors (Lipinski definition) is 1. The number of nitrogens with two attached hydrogens (primary N) is 1. The average molecular weight is 266 g/mol. The predicted molar refractivity (Wildman–Crippen MR) is 70.6 cm³/mol. The Labute approximate surface area is 110 Å². The molecule has 0 unspecified atom stereocenters. The molecule has 18 heavy (non-hydrogen) atoms. The second kappa shape index (κ2) is 5.38. The van der Waals surface area contributed by atoms with E-state index in [9.17, 15) is 4.39 Å². The maximum Gasteiger partial charge on any atom is 0.146 e. The van der Waals surface area contributed by atoms with Gasteiger partial charge in [-0.05, 0) is 48.4 Å². The molecule has 0 amide bonds. The minimum atomic E-state index is -0.257. The lowest BCUT2D eigenvalue weighted by atomic mass is 10.2. The molecule has 0 spiro atoms. The van der Waals surface area contributed by atoms with Crippen molar-refractivity contribution in [1.82, 2.24) is 0 Å². The van der Waals surface area contributed by atoms with Gasteiger partial charge in [-0.2, -0.15) is 0 Å². The van der Waals surface area contributed by atoms with Crippen molar-refractivity contribution in [2.75, 3.05) is 0 Å². The molecule has 0 fully saturated rings. The topological polar surface area (TPSA) is 35.2 Å². The molecule has 4 heteroatoms. The number of rotatable bonds is 3. The lowest BCUT2D eigenvalue weighted by molar-refractivity contribution is 0.479. The van der Waals surface area contributed by atoms with Gasteiger partial charge in [-0.3, -0.25) is 0 Å². The van der Waals surface area contributed by atoms with Gasteiger partial charge in [-0.1, -0.05) is 17.7 Å². The lowest BCUT2D eigenvalue weighted by Gasteiger charge is -2.09. The number of halogens is 2. The van der Waals surface area contributed by atoms with Crippen molar-refractivity contribution in [3.63, 3.8) is 0 Å². The Bertz CT molecular complexity index is 572. The van der Waals surface area contributed by atoms with Crippen LogP contribution in [-0.2, 0) is 6.54 Å². The fourth-order valence-corrected chi connectivity index (χ4v) is 1.80. The molecular formula is C14H13ClFNO. The van der Waals surface area contributed by atoms with E-state index in [1.165, 1.54) is 6.07 Å².